The quantitative estimate of drug-likeness (QED) is 0.563. The average molecular weight is 254 g/mol. The highest BCUT2D eigenvalue weighted by Gasteiger charge is 2.16. The van der Waals surface area contributed by atoms with Crippen molar-refractivity contribution in [2.24, 2.45) is 0 Å². The maximum absolute atomic E-state index is 11.7. The third kappa shape index (κ3) is 4.50. The zero-order valence-electron chi connectivity index (χ0n) is 11.4. The lowest BCUT2D eigenvalue weighted by Gasteiger charge is -2.15. The van der Waals surface area contributed by atoms with Gasteiger partial charge in [0.25, 0.3) is 0 Å². The fourth-order valence-electron chi connectivity index (χ4n) is 1.70. The number of nitrogens with zero attached hydrogens (tertiary/aromatic N) is 1. The molecule has 18 heavy (non-hydrogen) atoms. The van der Waals surface area contributed by atoms with Crippen LogP contribution in [0, 0.1) is 0 Å². The van der Waals surface area contributed by atoms with Crippen LogP contribution in [-0.2, 0) is 11.3 Å². The monoisotopic (exact) mass is 254 g/mol. The summed E-state index contributed by atoms with van der Waals surface area (Å²) in [6, 6.07) is 1.66. The van der Waals surface area contributed by atoms with Crippen LogP contribution in [0.3, 0.4) is 0 Å². The van der Waals surface area contributed by atoms with Gasteiger partial charge in [0.2, 0.25) is 0 Å². The van der Waals surface area contributed by atoms with Crippen molar-refractivity contribution < 1.29 is 13.9 Å². The molecule has 5 heteroatoms. The van der Waals surface area contributed by atoms with Crippen LogP contribution in [-0.4, -0.2) is 44.7 Å². The second kappa shape index (κ2) is 7.89. The Morgan fingerprint density at radius 2 is 2.33 bits per heavy atom. The number of carbonyl (C=O) groups is 1. The van der Waals surface area contributed by atoms with Gasteiger partial charge in [0.05, 0.1) is 19.4 Å². The van der Waals surface area contributed by atoms with Gasteiger partial charge < -0.3 is 14.5 Å². The summed E-state index contributed by atoms with van der Waals surface area (Å²) in [7, 11) is 3.94. The lowest BCUT2D eigenvalue weighted by Crippen LogP contribution is -2.23. The van der Waals surface area contributed by atoms with Crippen molar-refractivity contribution >= 4 is 5.97 Å². The van der Waals surface area contributed by atoms with Crippen LogP contribution in [0.15, 0.2) is 16.7 Å². The summed E-state index contributed by atoms with van der Waals surface area (Å²) in [4.78, 5) is 13.8. The van der Waals surface area contributed by atoms with Crippen LogP contribution in [0.25, 0.3) is 0 Å². The van der Waals surface area contributed by atoms with Crippen LogP contribution in [0.1, 0.15) is 29.5 Å². The van der Waals surface area contributed by atoms with Crippen molar-refractivity contribution in [3.63, 3.8) is 0 Å². The Bertz CT molecular complexity index is 363. The predicted octanol–water partition coefficient (Wildman–Crippen LogP) is 1.50. The zero-order valence-corrected chi connectivity index (χ0v) is 11.4. The van der Waals surface area contributed by atoms with E-state index in [1.54, 1.807) is 13.0 Å². The Labute approximate surface area is 108 Å². The molecule has 0 amide bonds. The van der Waals surface area contributed by atoms with Gasteiger partial charge in [-0.05, 0) is 46.6 Å². The van der Waals surface area contributed by atoms with Crippen LogP contribution in [0.2, 0.25) is 0 Å². The fourth-order valence-corrected chi connectivity index (χ4v) is 1.70. The first kappa shape index (κ1) is 14.7. The zero-order chi connectivity index (χ0) is 13.4. The molecule has 5 nitrogen and oxygen atoms in total. The van der Waals surface area contributed by atoms with Gasteiger partial charge in [-0.25, -0.2) is 4.79 Å². The standard InChI is InChI=1S/C13H22N2O3/c1-4-17-13(16)11-6-9-18-12(11)10-15(3)8-5-7-14-2/h6,9,14H,4-5,7-8,10H2,1-3H3. The normalized spacial score (nSPS) is 10.9. The number of nitrogens with one attached hydrogen (secondary N) is 1. The molecule has 0 bridgehead atoms. The molecule has 0 radical (unpaired) electrons. The second-order valence-electron chi connectivity index (χ2n) is 4.17. The third-order valence-electron chi connectivity index (χ3n) is 2.62. The molecule has 0 aromatic carbocycles. The van der Waals surface area contributed by atoms with Crippen LogP contribution >= 0.6 is 0 Å². The Morgan fingerprint density at radius 3 is 3.00 bits per heavy atom. The van der Waals surface area contributed by atoms with Crippen LogP contribution in [0.5, 0.6) is 0 Å². The van der Waals surface area contributed by atoms with E-state index >= 15 is 0 Å². The number of carbonyl (C=O) groups excluding carboxylic acids is 1. The van der Waals surface area contributed by atoms with Gasteiger partial charge in [0, 0.05) is 0 Å². The number of esters is 1. The highest BCUT2D eigenvalue weighted by atomic mass is 16.5. The van der Waals surface area contributed by atoms with Gasteiger partial charge in [-0.2, -0.15) is 0 Å². The van der Waals surface area contributed by atoms with Crippen molar-refractivity contribution in [3.05, 3.63) is 23.7 Å². The highest BCUT2D eigenvalue weighted by molar-refractivity contribution is 5.90. The molecule has 0 atom stereocenters. The molecule has 102 valence electrons. The van der Waals surface area contributed by atoms with E-state index in [4.69, 9.17) is 9.15 Å². The lowest BCUT2D eigenvalue weighted by molar-refractivity contribution is 0.0522. The first-order chi connectivity index (χ1) is 8.69. The van der Waals surface area contributed by atoms with Gasteiger partial charge in [-0.3, -0.25) is 4.90 Å². The van der Waals surface area contributed by atoms with Crippen molar-refractivity contribution in [1.29, 1.82) is 0 Å². The molecule has 0 aliphatic heterocycles. The van der Waals surface area contributed by atoms with E-state index in [-0.39, 0.29) is 5.97 Å². The number of rotatable bonds is 8. The summed E-state index contributed by atoms with van der Waals surface area (Å²) < 4.78 is 10.3. The maximum atomic E-state index is 11.7. The van der Waals surface area contributed by atoms with E-state index in [9.17, 15) is 4.79 Å². The molecular weight excluding hydrogens is 232 g/mol. The van der Waals surface area contributed by atoms with E-state index in [2.05, 4.69) is 10.2 Å². The molecule has 0 spiro atoms. The molecular formula is C13H22N2O3. The van der Waals surface area contributed by atoms with Crippen LogP contribution < -0.4 is 5.32 Å². The molecule has 0 saturated heterocycles. The van der Waals surface area contributed by atoms with Gasteiger partial charge in [0.1, 0.15) is 11.3 Å². The van der Waals surface area contributed by atoms with Gasteiger partial charge >= 0.3 is 5.97 Å². The molecule has 0 aliphatic rings. The third-order valence-corrected chi connectivity index (χ3v) is 2.62. The van der Waals surface area contributed by atoms with Gasteiger partial charge in [-0.15, -0.1) is 0 Å². The fraction of sp³-hybridized carbons (Fsp3) is 0.615. The minimum Gasteiger partial charge on any atom is -0.467 e. The number of ether oxygens (including phenoxy) is 1. The molecule has 1 aromatic rings. The first-order valence-corrected chi connectivity index (χ1v) is 6.25. The van der Waals surface area contributed by atoms with Crippen LogP contribution in [0.4, 0.5) is 0 Å². The van der Waals surface area contributed by atoms with Crippen molar-refractivity contribution in [2.45, 2.75) is 19.9 Å². The summed E-state index contributed by atoms with van der Waals surface area (Å²) >= 11 is 0. The number of hydrogen-bond acceptors (Lipinski definition) is 5. The second-order valence-corrected chi connectivity index (χ2v) is 4.17. The predicted molar refractivity (Wildman–Crippen MR) is 69.5 cm³/mol. The van der Waals surface area contributed by atoms with Crippen molar-refractivity contribution in [3.8, 4) is 0 Å². The Hall–Kier alpha value is -1.33. The molecule has 0 unspecified atom stereocenters. The Kier molecular flexibility index (Phi) is 6.46. The molecule has 0 aliphatic carbocycles. The largest absolute Gasteiger partial charge is 0.467 e. The molecule has 1 heterocycles. The van der Waals surface area contributed by atoms with E-state index in [0.29, 0.717) is 24.5 Å². The molecule has 1 N–H and O–H groups in total. The topological polar surface area (TPSA) is 54.7 Å². The van der Waals surface area contributed by atoms with Gasteiger partial charge in [0.15, 0.2) is 0 Å². The summed E-state index contributed by atoms with van der Waals surface area (Å²) in [5.41, 5.74) is 0.525. The highest BCUT2D eigenvalue weighted by Crippen LogP contribution is 2.14. The van der Waals surface area contributed by atoms with Crippen molar-refractivity contribution in [2.75, 3.05) is 33.8 Å². The number of furan rings is 1. The average Bonchev–Trinajstić information content (AvgIpc) is 2.78. The minimum atomic E-state index is -0.315. The van der Waals surface area contributed by atoms with E-state index in [1.807, 2.05) is 14.1 Å². The molecule has 1 rings (SSSR count). The van der Waals surface area contributed by atoms with E-state index < -0.39 is 0 Å². The Morgan fingerprint density at radius 1 is 1.56 bits per heavy atom. The SMILES string of the molecule is CCOC(=O)c1ccoc1CN(C)CCCNC. The summed E-state index contributed by atoms with van der Waals surface area (Å²) in [6.45, 7) is 4.71. The molecule has 1 aromatic heterocycles. The maximum Gasteiger partial charge on any atom is 0.341 e. The smallest absolute Gasteiger partial charge is 0.341 e. The first-order valence-electron chi connectivity index (χ1n) is 6.25. The lowest BCUT2D eigenvalue weighted by atomic mass is 10.2. The number of hydrogen-bond donors (Lipinski definition) is 1. The summed E-state index contributed by atoms with van der Waals surface area (Å²) in [5.74, 6) is 0.352. The van der Waals surface area contributed by atoms with E-state index in [1.165, 1.54) is 6.26 Å². The van der Waals surface area contributed by atoms with Gasteiger partial charge in [-0.1, -0.05) is 0 Å². The molecule has 0 fully saturated rings. The summed E-state index contributed by atoms with van der Waals surface area (Å²) in [5, 5.41) is 3.10. The Balaban J connectivity index is 2.51. The van der Waals surface area contributed by atoms with E-state index in [0.717, 1.165) is 19.5 Å². The summed E-state index contributed by atoms with van der Waals surface area (Å²) in [6.07, 6.45) is 2.59. The van der Waals surface area contributed by atoms with Crippen molar-refractivity contribution in [1.82, 2.24) is 10.2 Å². The molecule has 0 saturated carbocycles. The minimum absolute atomic E-state index is 0.315.